The van der Waals surface area contributed by atoms with E-state index in [9.17, 15) is 0 Å². The topological polar surface area (TPSA) is 52.0 Å². The van der Waals surface area contributed by atoms with E-state index in [-0.39, 0.29) is 12.1 Å². The van der Waals surface area contributed by atoms with E-state index < -0.39 is 0 Å². The van der Waals surface area contributed by atoms with Crippen molar-refractivity contribution < 1.29 is 4.74 Å². The Kier molecular flexibility index (Phi) is 4.93. The van der Waals surface area contributed by atoms with Gasteiger partial charge in [0.15, 0.2) is 0 Å². The average molecular weight is 473 g/mol. The second kappa shape index (κ2) is 7.97. The van der Waals surface area contributed by atoms with Crippen LogP contribution in [0.25, 0.3) is 5.70 Å². The normalized spacial score (nSPS) is 18.6. The molecule has 0 aliphatic carbocycles. The number of hydrogen-bond acceptors (Lipinski definition) is 5. The fraction of sp³-hybridized carbons (Fsp3) is 0.154. The van der Waals surface area contributed by atoms with E-state index in [1.807, 2.05) is 53.4 Å². The molecular weight excluding hydrogens is 452 g/mol. The molecule has 3 heterocycles. The van der Waals surface area contributed by atoms with Crippen LogP contribution in [0.3, 0.4) is 0 Å². The van der Waals surface area contributed by atoms with Gasteiger partial charge >= 0.3 is 0 Å². The van der Waals surface area contributed by atoms with Gasteiger partial charge in [0.1, 0.15) is 17.9 Å². The zero-order valence-corrected chi connectivity index (χ0v) is 19.7. The van der Waals surface area contributed by atoms with Crippen LogP contribution in [-0.2, 0) is 0 Å². The van der Waals surface area contributed by atoms with Crippen LogP contribution in [-0.4, -0.2) is 21.0 Å². The summed E-state index contributed by atoms with van der Waals surface area (Å²) in [7, 11) is 0. The number of nitrogens with one attached hydrogen (secondary N) is 1. The van der Waals surface area contributed by atoms with Crippen LogP contribution >= 0.6 is 23.4 Å². The Labute approximate surface area is 201 Å². The number of halogens is 1. The highest BCUT2D eigenvalue weighted by Gasteiger charge is 2.41. The molecule has 33 heavy (non-hydrogen) atoms. The summed E-state index contributed by atoms with van der Waals surface area (Å²) in [6, 6.07) is 24.4. The summed E-state index contributed by atoms with van der Waals surface area (Å²) >= 11 is 7.74. The highest BCUT2D eigenvalue weighted by atomic mass is 35.5. The standard InChI is InChI=1S/C26H21ClN4OS/c1-15-7-9-16(10-8-15)23-21-22(28-25-29-26(33-2)30-31(23)25)19-5-3-4-6-20(19)32-24(21)17-11-13-18(27)14-12-17/h3-14,23-24H,1-2H3,(H,28,29,30). The third kappa shape index (κ3) is 3.41. The van der Waals surface area contributed by atoms with Gasteiger partial charge in [-0.2, -0.15) is 4.98 Å². The van der Waals surface area contributed by atoms with Gasteiger partial charge in [0.05, 0.1) is 5.70 Å². The summed E-state index contributed by atoms with van der Waals surface area (Å²) in [5, 5.41) is 9.84. The lowest BCUT2D eigenvalue weighted by molar-refractivity contribution is 0.223. The molecule has 1 aromatic heterocycles. The van der Waals surface area contributed by atoms with Crippen LogP contribution in [0.1, 0.15) is 34.4 Å². The van der Waals surface area contributed by atoms with Crippen molar-refractivity contribution in [3.63, 3.8) is 0 Å². The first kappa shape index (κ1) is 20.4. The fourth-order valence-electron chi connectivity index (χ4n) is 4.53. The molecule has 2 aliphatic rings. The number of aromatic nitrogens is 3. The number of thioether (sulfide) groups is 1. The van der Waals surface area contributed by atoms with Crippen LogP contribution < -0.4 is 10.1 Å². The van der Waals surface area contributed by atoms with E-state index in [4.69, 9.17) is 26.4 Å². The Hall–Kier alpha value is -3.22. The van der Waals surface area contributed by atoms with Crippen molar-refractivity contribution in [1.82, 2.24) is 14.8 Å². The van der Waals surface area contributed by atoms with E-state index in [0.717, 1.165) is 44.8 Å². The smallest absolute Gasteiger partial charge is 0.227 e. The molecule has 3 aromatic carbocycles. The largest absolute Gasteiger partial charge is 0.480 e. The van der Waals surface area contributed by atoms with Crippen LogP contribution in [0.5, 0.6) is 5.75 Å². The number of para-hydroxylation sites is 1. The van der Waals surface area contributed by atoms with Gasteiger partial charge in [0.25, 0.3) is 0 Å². The average Bonchev–Trinajstić information content (AvgIpc) is 3.26. The second-order valence-electron chi connectivity index (χ2n) is 8.18. The monoisotopic (exact) mass is 472 g/mol. The molecule has 0 radical (unpaired) electrons. The lowest BCUT2D eigenvalue weighted by atomic mass is 9.84. The molecule has 2 unspecified atom stereocenters. The molecule has 0 bridgehead atoms. The van der Waals surface area contributed by atoms with Gasteiger partial charge in [-0.05, 0) is 48.6 Å². The van der Waals surface area contributed by atoms with Gasteiger partial charge in [0, 0.05) is 16.2 Å². The van der Waals surface area contributed by atoms with Crippen molar-refractivity contribution in [3.8, 4) is 5.75 Å². The van der Waals surface area contributed by atoms with Crippen LogP contribution in [0.15, 0.2) is 83.5 Å². The molecule has 0 fully saturated rings. The summed E-state index contributed by atoms with van der Waals surface area (Å²) in [6.07, 6.45) is 1.69. The lowest BCUT2D eigenvalue weighted by Gasteiger charge is -2.39. The molecule has 0 saturated heterocycles. The predicted octanol–water partition coefficient (Wildman–Crippen LogP) is 6.52. The first-order valence-electron chi connectivity index (χ1n) is 10.7. The minimum atomic E-state index is -0.305. The zero-order valence-electron chi connectivity index (χ0n) is 18.1. The summed E-state index contributed by atoms with van der Waals surface area (Å²) in [5.41, 5.74) is 6.53. The molecule has 7 heteroatoms. The van der Waals surface area contributed by atoms with E-state index in [1.165, 1.54) is 17.3 Å². The molecule has 164 valence electrons. The number of aryl methyl sites for hydroxylation is 1. The van der Waals surface area contributed by atoms with Crippen molar-refractivity contribution in [2.45, 2.75) is 24.2 Å². The number of benzene rings is 3. The van der Waals surface area contributed by atoms with Crippen molar-refractivity contribution in [3.05, 3.63) is 106 Å². The molecule has 0 saturated carbocycles. The minimum absolute atomic E-state index is 0.167. The summed E-state index contributed by atoms with van der Waals surface area (Å²) in [5.74, 6) is 1.57. The maximum Gasteiger partial charge on any atom is 0.227 e. The van der Waals surface area contributed by atoms with Crippen molar-refractivity contribution in [2.75, 3.05) is 11.6 Å². The first-order valence-corrected chi connectivity index (χ1v) is 12.3. The number of nitrogens with zero attached hydrogens (tertiary/aromatic N) is 3. The molecule has 2 atom stereocenters. The maximum atomic E-state index is 6.64. The van der Waals surface area contributed by atoms with Crippen molar-refractivity contribution >= 4 is 35.0 Å². The third-order valence-corrected chi connectivity index (χ3v) is 6.90. The highest BCUT2D eigenvalue weighted by molar-refractivity contribution is 7.98. The molecule has 1 N–H and O–H groups in total. The lowest BCUT2D eigenvalue weighted by Crippen LogP contribution is -2.32. The molecule has 6 rings (SSSR count). The van der Waals surface area contributed by atoms with Gasteiger partial charge in [0.2, 0.25) is 11.1 Å². The van der Waals surface area contributed by atoms with Gasteiger partial charge in [-0.1, -0.05) is 77.5 Å². The van der Waals surface area contributed by atoms with Gasteiger partial charge < -0.3 is 10.1 Å². The SMILES string of the molecule is CSc1nc2n(n1)C(c1ccc(C)cc1)C1=C(N2)c2ccccc2OC1c1ccc(Cl)cc1. The first-order chi connectivity index (χ1) is 16.1. The van der Waals surface area contributed by atoms with E-state index in [0.29, 0.717) is 5.02 Å². The molecule has 2 aliphatic heterocycles. The molecular formula is C26H21ClN4OS. The number of ether oxygens (including phenoxy) is 1. The Bertz CT molecular complexity index is 1380. The Morgan fingerprint density at radius 2 is 1.70 bits per heavy atom. The number of hydrogen-bond donors (Lipinski definition) is 1. The minimum Gasteiger partial charge on any atom is -0.480 e. The summed E-state index contributed by atoms with van der Waals surface area (Å²) < 4.78 is 8.62. The van der Waals surface area contributed by atoms with E-state index >= 15 is 0 Å². The van der Waals surface area contributed by atoms with Gasteiger partial charge in [-0.15, -0.1) is 5.10 Å². The van der Waals surface area contributed by atoms with Crippen molar-refractivity contribution in [2.24, 2.45) is 0 Å². The molecule has 5 nitrogen and oxygen atoms in total. The van der Waals surface area contributed by atoms with E-state index in [2.05, 4.69) is 42.6 Å². The number of anilines is 1. The van der Waals surface area contributed by atoms with Crippen LogP contribution in [0, 0.1) is 6.92 Å². The van der Waals surface area contributed by atoms with Crippen LogP contribution in [0.4, 0.5) is 5.95 Å². The van der Waals surface area contributed by atoms with Crippen molar-refractivity contribution in [1.29, 1.82) is 0 Å². The molecule has 0 spiro atoms. The Morgan fingerprint density at radius 1 is 0.970 bits per heavy atom. The second-order valence-corrected chi connectivity index (χ2v) is 9.39. The zero-order chi connectivity index (χ0) is 22.5. The third-order valence-electron chi connectivity index (χ3n) is 6.11. The molecule has 0 amide bonds. The van der Waals surface area contributed by atoms with Gasteiger partial charge in [-0.25, -0.2) is 4.68 Å². The quantitative estimate of drug-likeness (QED) is 0.344. The van der Waals surface area contributed by atoms with Crippen LogP contribution in [0.2, 0.25) is 5.02 Å². The Morgan fingerprint density at radius 3 is 2.45 bits per heavy atom. The summed E-state index contributed by atoms with van der Waals surface area (Å²) in [6.45, 7) is 2.10. The summed E-state index contributed by atoms with van der Waals surface area (Å²) in [4.78, 5) is 4.75. The highest BCUT2D eigenvalue weighted by Crippen LogP contribution is 2.50. The predicted molar refractivity (Wildman–Crippen MR) is 133 cm³/mol. The fourth-order valence-corrected chi connectivity index (χ4v) is 5.00. The maximum absolute atomic E-state index is 6.64. The molecule has 4 aromatic rings. The number of rotatable bonds is 3. The van der Waals surface area contributed by atoms with Gasteiger partial charge in [-0.3, -0.25) is 0 Å². The number of fused-ring (bicyclic) bond motifs is 3. The van der Waals surface area contributed by atoms with E-state index in [1.54, 1.807) is 0 Å². The Balaban J connectivity index is 1.62.